The molecule has 3 N–H and O–H groups in total. The fourth-order valence-corrected chi connectivity index (χ4v) is 5.15. The molecule has 9 heteroatoms. The van der Waals surface area contributed by atoms with E-state index in [2.05, 4.69) is 26.1 Å². The number of carbonyl (C=O) groups excluding carboxylic acids is 2. The van der Waals surface area contributed by atoms with Crippen molar-refractivity contribution in [2.45, 2.75) is 40.0 Å². The van der Waals surface area contributed by atoms with E-state index in [4.69, 9.17) is 10.5 Å². The van der Waals surface area contributed by atoms with Gasteiger partial charge in [0.25, 0.3) is 11.8 Å². The first-order valence-electron chi connectivity index (χ1n) is 9.61. The van der Waals surface area contributed by atoms with E-state index in [9.17, 15) is 19.7 Å². The van der Waals surface area contributed by atoms with Crippen molar-refractivity contribution >= 4 is 33.8 Å². The van der Waals surface area contributed by atoms with Crippen LogP contribution in [0.15, 0.2) is 18.2 Å². The predicted molar refractivity (Wildman–Crippen MR) is 115 cm³/mol. The lowest BCUT2D eigenvalue weighted by atomic mass is 9.72. The highest BCUT2D eigenvalue weighted by Gasteiger charge is 2.33. The number of nitrogens with two attached hydrogens (primary N) is 1. The molecule has 30 heavy (non-hydrogen) atoms. The SMILES string of the molecule is COc1ccc(C(=O)Nc2sc3c(c2C(N)=O)CCC(C(C)(C)C)C3)cc1[N+](=O)[O-]. The second-order valence-corrected chi connectivity index (χ2v) is 9.58. The number of hydrogen-bond donors (Lipinski definition) is 2. The van der Waals surface area contributed by atoms with Gasteiger partial charge in [0, 0.05) is 16.5 Å². The van der Waals surface area contributed by atoms with Gasteiger partial charge >= 0.3 is 5.69 Å². The summed E-state index contributed by atoms with van der Waals surface area (Å²) in [5.74, 6) is -0.599. The highest BCUT2D eigenvalue weighted by molar-refractivity contribution is 7.17. The summed E-state index contributed by atoms with van der Waals surface area (Å²) in [4.78, 5) is 36.6. The third-order valence-electron chi connectivity index (χ3n) is 5.60. The van der Waals surface area contributed by atoms with Gasteiger partial charge in [-0.25, -0.2) is 0 Å². The molecule has 0 bridgehead atoms. The number of amides is 2. The molecule has 1 aromatic heterocycles. The number of benzene rings is 1. The number of nitro groups is 1. The number of nitrogens with zero attached hydrogens (tertiary/aromatic N) is 1. The monoisotopic (exact) mass is 431 g/mol. The van der Waals surface area contributed by atoms with Crippen LogP contribution in [-0.2, 0) is 12.8 Å². The molecule has 3 rings (SSSR count). The first-order valence-corrected chi connectivity index (χ1v) is 10.4. The molecule has 1 atom stereocenters. The van der Waals surface area contributed by atoms with Crippen molar-refractivity contribution in [3.63, 3.8) is 0 Å². The smallest absolute Gasteiger partial charge is 0.311 e. The van der Waals surface area contributed by atoms with Crippen LogP contribution in [0.1, 0.15) is 58.3 Å². The lowest BCUT2D eigenvalue weighted by molar-refractivity contribution is -0.385. The number of fused-ring (bicyclic) bond motifs is 1. The molecule has 1 aliphatic carbocycles. The molecule has 1 unspecified atom stereocenters. The third-order valence-corrected chi connectivity index (χ3v) is 6.77. The van der Waals surface area contributed by atoms with Crippen molar-refractivity contribution in [3.05, 3.63) is 49.9 Å². The Hall–Kier alpha value is -2.94. The summed E-state index contributed by atoms with van der Waals surface area (Å²) in [7, 11) is 1.32. The molecule has 1 aliphatic rings. The highest BCUT2D eigenvalue weighted by atomic mass is 32.1. The van der Waals surface area contributed by atoms with Crippen LogP contribution in [-0.4, -0.2) is 23.8 Å². The molecule has 2 aromatic rings. The maximum atomic E-state index is 12.8. The summed E-state index contributed by atoms with van der Waals surface area (Å²) in [5.41, 5.74) is 6.81. The van der Waals surface area contributed by atoms with Crippen molar-refractivity contribution in [1.29, 1.82) is 0 Å². The molecule has 160 valence electrons. The van der Waals surface area contributed by atoms with E-state index in [-0.39, 0.29) is 22.4 Å². The molecule has 0 saturated heterocycles. The number of rotatable bonds is 5. The summed E-state index contributed by atoms with van der Waals surface area (Å²) < 4.78 is 4.97. The van der Waals surface area contributed by atoms with Crippen LogP contribution in [0, 0.1) is 21.4 Å². The molecule has 0 spiro atoms. The fraction of sp³-hybridized carbons (Fsp3) is 0.429. The fourth-order valence-electron chi connectivity index (χ4n) is 3.82. The van der Waals surface area contributed by atoms with Gasteiger partial charge in [0.15, 0.2) is 5.75 Å². The van der Waals surface area contributed by atoms with E-state index < -0.39 is 16.7 Å². The Labute approximate surface area is 178 Å². The highest BCUT2D eigenvalue weighted by Crippen LogP contribution is 2.44. The van der Waals surface area contributed by atoms with Crippen LogP contribution in [0.4, 0.5) is 10.7 Å². The normalized spacial score (nSPS) is 15.9. The maximum absolute atomic E-state index is 12.8. The molecular formula is C21H25N3O5S. The average molecular weight is 432 g/mol. The van der Waals surface area contributed by atoms with Gasteiger partial charge in [-0.1, -0.05) is 20.8 Å². The number of ether oxygens (including phenoxy) is 1. The quantitative estimate of drug-likeness (QED) is 0.543. The van der Waals surface area contributed by atoms with Crippen LogP contribution in [0.25, 0.3) is 0 Å². The lowest BCUT2D eigenvalue weighted by Gasteiger charge is -2.33. The molecule has 1 heterocycles. The van der Waals surface area contributed by atoms with Gasteiger partial charge in [-0.3, -0.25) is 19.7 Å². The van der Waals surface area contributed by atoms with Gasteiger partial charge in [-0.15, -0.1) is 11.3 Å². The van der Waals surface area contributed by atoms with Crippen LogP contribution in [0.3, 0.4) is 0 Å². The van der Waals surface area contributed by atoms with E-state index >= 15 is 0 Å². The van der Waals surface area contributed by atoms with Crippen molar-refractivity contribution in [2.24, 2.45) is 17.1 Å². The molecule has 0 aliphatic heterocycles. The minimum atomic E-state index is -0.610. The first-order chi connectivity index (χ1) is 14.0. The van der Waals surface area contributed by atoms with Gasteiger partial charge in [0.1, 0.15) is 5.00 Å². The van der Waals surface area contributed by atoms with E-state index in [1.807, 2.05) is 0 Å². The van der Waals surface area contributed by atoms with Crippen molar-refractivity contribution in [2.75, 3.05) is 12.4 Å². The molecule has 0 radical (unpaired) electrons. The summed E-state index contributed by atoms with van der Waals surface area (Å²) >= 11 is 1.36. The van der Waals surface area contributed by atoms with Crippen molar-refractivity contribution < 1.29 is 19.2 Å². The van der Waals surface area contributed by atoms with Gasteiger partial charge in [-0.05, 0) is 48.3 Å². The largest absolute Gasteiger partial charge is 0.490 e. The van der Waals surface area contributed by atoms with Crippen molar-refractivity contribution in [3.8, 4) is 5.75 Å². The Kier molecular flexibility index (Phi) is 5.85. The van der Waals surface area contributed by atoms with E-state index in [0.717, 1.165) is 35.8 Å². The Morgan fingerprint density at radius 3 is 2.60 bits per heavy atom. The number of hydrogen-bond acceptors (Lipinski definition) is 6. The van der Waals surface area contributed by atoms with E-state index in [1.165, 1.54) is 30.6 Å². The summed E-state index contributed by atoms with van der Waals surface area (Å²) in [6.45, 7) is 6.60. The number of nitrogens with one attached hydrogen (secondary N) is 1. The standard InChI is InChI=1S/C21H25N3O5S/c1-21(2,3)12-6-7-13-16(10-12)30-20(17(13)18(22)25)23-19(26)11-5-8-15(29-4)14(9-11)24(27)28/h5,8-9,12H,6-7,10H2,1-4H3,(H2,22,25)(H,23,26). The zero-order valence-corrected chi connectivity index (χ0v) is 18.2. The maximum Gasteiger partial charge on any atom is 0.311 e. The Balaban J connectivity index is 1.93. The molecular weight excluding hydrogens is 406 g/mol. The topological polar surface area (TPSA) is 125 Å². The van der Waals surface area contributed by atoms with Crippen LogP contribution in [0.5, 0.6) is 5.75 Å². The van der Waals surface area contributed by atoms with Crippen molar-refractivity contribution in [1.82, 2.24) is 0 Å². The van der Waals surface area contributed by atoms with Gasteiger partial charge in [0.2, 0.25) is 0 Å². The average Bonchev–Trinajstić information content (AvgIpc) is 3.03. The first kappa shape index (κ1) is 21.8. The summed E-state index contributed by atoms with van der Waals surface area (Å²) in [5, 5.41) is 14.4. The number of methoxy groups -OCH3 is 1. The lowest BCUT2D eigenvalue weighted by Crippen LogP contribution is -2.27. The minimum Gasteiger partial charge on any atom is -0.490 e. The number of carbonyl (C=O) groups is 2. The minimum absolute atomic E-state index is 0.0641. The second kappa shape index (κ2) is 8.06. The van der Waals surface area contributed by atoms with E-state index in [1.54, 1.807) is 0 Å². The predicted octanol–water partition coefficient (Wildman–Crippen LogP) is 4.17. The Bertz CT molecular complexity index is 1020. The number of thiophene rings is 1. The zero-order chi connectivity index (χ0) is 22.2. The zero-order valence-electron chi connectivity index (χ0n) is 17.4. The Morgan fingerprint density at radius 2 is 2.03 bits per heavy atom. The number of anilines is 1. The molecule has 0 saturated carbocycles. The molecule has 1 aromatic carbocycles. The number of primary amides is 1. The summed E-state index contributed by atoms with van der Waals surface area (Å²) in [6, 6.07) is 3.96. The van der Waals surface area contributed by atoms with E-state index in [0.29, 0.717) is 16.5 Å². The Morgan fingerprint density at radius 1 is 1.33 bits per heavy atom. The summed E-state index contributed by atoms with van der Waals surface area (Å²) in [6.07, 6.45) is 2.51. The second-order valence-electron chi connectivity index (χ2n) is 8.48. The van der Waals surface area contributed by atoms with Gasteiger partial charge in [0.05, 0.1) is 17.6 Å². The van der Waals surface area contributed by atoms with Crippen LogP contribution in [0.2, 0.25) is 0 Å². The third kappa shape index (κ3) is 4.16. The molecule has 0 fully saturated rings. The van der Waals surface area contributed by atoms with Gasteiger partial charge in [-0.2, -0.15) is 0 Å². The molecule has 8 nitrogen and oxygen atoms in total. The van der Waals surface area contributed by atoms with Crippen LogP contribution < -0.4 is 15.8 Å². The number of nitro benzene ring substituents is 1. The molecule has 2 amide bonds. The van der Waals surface area contributed by atoms with Gasteiger partial charge < -0.3 is 15.8 Å². The van der Waals surface area contributed by atoms with Crippen LogP contribution >= 0.6 is 11.3 Å².